The fourth-order valence-corrected chi connectivity index (χ4v) is 3.79. The third kappa shape index (κ3) is 1.75. The van der Waals surface area contributed by atoms with E-state index in [1.807, 2.05) is 6.92 Å². The Morgan fingerprint density at radius 2 is 1.86 bits per heavy atom. The van der Waals surface area contributed by atoms with E-state index in [4.69, 9.17) is 0 Å². The van der Waals surface area contributed by atoms with Gasteiger partial charge in [-0.15, -0.1) is 0 Å². The van der Waals surface area contributed by atoms with Gasteiger partial charge in [-0.25, -0.2) is 22.4 Å². The van der Waals surface area contributed by atoms with E-state index in [1.165, 1.54) is 10.2 Å². The molecule has 1 N–H and O–H groups in total. The van der Waals surface area contributed by atoms with Gasteiger partial charge in [0.25, 0.3) is 10.0 Å². The Hall–Kier alpha value is -2.67. The van der Waals surface area contributed by atoms with Crippen LogP contribution in [0.4, 0.5) is 0 Å². The van der Waals surface area contributed by atoms with Crippen molar-refractivity contribution in [3.8, 4) is 0 Å². The number of pyridine rings is 1. The molecule has 0 amide bonds. The van der Waals surface area contributed by atoms with Gasteiger partial charge in [0, 0.05) is 11.6 Å². The molecule has 0 atom stereocenters. The topological polar surface area (TPSA) is 80.6 Å². The Labute approximate surface area is 126 Å². The summed E-state index contributed by atoms with van der Waals surface area (Å²) >= 11 is 0. The van der Waals surface area contributed by atoms with E-state index in [0.717, 1.165) is 16.5 Å². The Balaban J connectivity index is 1.99. The predicted molar refractivity (Wildman–Crippen MR) is 83.1 cm³/mol. The van der Waals surface area contributed by atoms with Gasteiger partial charge < -0.3 is 4.98 Å². The second-order valence-corrected chi connectivity index (χ2v) is 6.90. The molecule has 0 saturated carbocycles. The van der Waals surface area contributed by atoms with Gasteiger partial charge in [0.1, 0.15) is 5.52 Å². The molecule has 6 nitrogen and oxygen atoms in total. The number of nitrogens with one attached hydrogen (secondary N) is 1. The molecule has 0 unspecified atom stereocenters. The molecule has 3 aromatic heterocycles. The highest BCUT2D eigenvalue weighted by atomic mass is 32.2. The standard InChI is InChI=1S/C15H12N4O2S/c1-10-2-4-11(5-3-10)22(20,21)19-7-6-12-14-13(17-9-18-14)8-16-15(12)19/h2-9H,1H3,(H,17,18). The molecule has 0 aliphatic heterocycles. The summed E-state index contributed by atoms with van der Waals surface area (Å²) in [6, 6.07) is 8.49. The first kappa shape index (κ1) is 13.0. The van der Waals surface area contributed by atoms with Crippen LogP contribution in [0.25, 0.3) is 22.1 Å². The third-order valence-electron chi connectivity index (χ3n) is 3.65. The number of rotatable bonds is 2. The number of H-pyrrole nitrogens is 1. The predicted octanol–water partition coefficient (Wildman–Crippen LogP) is 2.46. The molecule has 0 radical (unpaired) electrons. The van der Waals surface area contributed by atoms with Crippen molar-refractivity contribution in [2.45, 2.75) is 11.8 Å². The second kappa shape index (κ2) is 4.41. The van der Waals surface area contributed by atoms with Crippen LogP contribution in [0.15, 0.2) is 53.9 Å². The number of benzene rings is 1. The highest BCUT2D eigenvalue weighted by molar-refractivity contribution is 7.90. The zero-order chi connectivity index (χ0) is 15.3. The van der Waals surface area contributed by atoms with Crippen molar-refractivity contribution in [2.75, 3.05) is 0 Å². The van der Waals surface area contributed by atoms with Gasteiger partial charge in [0.05, 0.1) is 22.9 Å². The van der Waals surface area contributed by atoms with E-state index in [9.17, 15) is 8.42 Å². The van der Waals surface area contributed by atoms with Crippen molar-refractivity contribution in [3.63, 3.8) is 0 Å². The van der Waals surface area contributed by atoms with E-state index in [0.29, 0.717) is 11.2 Å². The minimum atomic E-state index is -3.67. The summed E-state index contributed by atoms with van der Waals surface area (Å²) in [4.78, 5) is 11.6. The number of hydrogen-bond acceptors (Lipinski definition) is 4. The molecule has 22 heavy (non-hydrogen) atoms. The fourth-order valence-electron chi connectivity index (χ4n) is 2.49. The smallest absolute Gasteiger partial charge is 0.269 e. The summed E-state index contributed by atoms with van der Waals surface area (Å²) in [5.41, 5.74) is 2.88. The van der Waals surface area contributed by atoms with Crippen molar-refractivity contribution >= 4 is 32.1 Å². The second-order valence-electron chi connectivity index (χ2n) is 5.09. The number of hydrogen-bond donors (Lipinski definition) is 1. The molecule has 3 heterocycles. The first-order valence-corrected chi connectivity index (χ1v) is 8.13. The molecular weight excluding hydrogens is 300 g/mol. The molecule has 0 bridgehead atoms. The van der Waals surface area contributed by atoms with E-state index in [1.54, 1.807) is 42.9 Å². The summed E-state index contributed by atoms with van der Waals surface area (Å²) < 4.78 is 26.8. The largest absolute Gasteiger partial charge is 0.344 e. The van der Waals surface area contributed by atoms with Gasteiger partial charge in [-0.1, -0.05) is 17.7 Å². The molecule has 7 heteroatoms. The lowest BCUT2D eigenvalue weighted by atomic mass is 10.2. The van der Waals surface area contributed by atoms with Gasteiger partial charge >= 0.3 is 0 Å². The third-order valence-corrected chi connectivity index (χ3v) is 5.33. The summed E-state index contributed by atoms with van der Waals surface area (Å²) in [7, 11) is -3.67. The lowest BCUT2D eigenvalue weighted by Crippen LogP contribution is -2.12. The lowest BCUT2D eigenvalue weighted by molar-refractivity contribution is 0.589. The Morgan fingerprint density at radius 3 is 2.64 bits per heavy atom. The van der Waals surface area contributed by atoms with Crippen molar-refractivity contribution in [2.24, 2.45) is 0 Å². The monoisotopic (exact) mass is 312 g/mol. The molecule has 0 spiro atoms. The van der Waals surface area contributed by atoms with Gasteiger partial charge in [0.15, 0.2) is 5.65 Å². The maximum absolute atomic E-state index is 12.8. The van der Waals surface area contributed by atoms with Gasteiger partial charge in [-0.05, 0) is 25.1 Å². The molecule has 1 aromatic carbocycles. The zero-order valence-electron chi connectivity index (χ0n) is 11.7. The molecule has 110 valence electrons. The Kier molecular flexibility index (Phi) is 2.61. The minimum Gasteiger partial charge on any atom is -0.344 e. The van der Waals surface area contributed by atoms with E-state index >= 15 is 0 Å². The Morgan fingerprint density at radius 1 is 1.09 bits per heavy atom. The first-order valence-electron chi connectivity index (χ1n) is 6.69. The quantitative estimate of drug-likeness (QED) is 0.616. The number of aryl methyl sites for hydroxylation is 1. The number of aromatic nitrogens is 4. The van der Waals surface area contributed by atoms with Gasteiger partial charge in [-0.2, -0.15) is 0 Å². The summed E-state index contributed by atoms with van der Waals surface area (Å²) in [5.74, 6) is 0. The summed E-state index contributed by atoms with van der Waals surface area (Å²) in [6.07, 6.45) is 4.65. The van der Waals surface area contributed by atoms with Gasteiger partial charge in [0.2, 0.25) is 0 Å². The van der Waals surface area contributed by atoms with Crippen LogP contribution in [0.2, 0.25) is 0 Å². The van der Waals surface area contributed by atoms with E-state index in [-0.39, 0.29) is 4.90 Å². The molecular formula is C15H12N4O2S. The minimum absolute atomic E-state index is 0.238. The van der Waals surface area contributed by atoms with Gasteiger partial charge in [-0.3, -0.25) is 0 Å². The van der Waals surface area contributed by atoms with Crippen molar-refractivity contribution in [1.29, 1.82) is 0 Å². The highest BCUT2D eigenvalue weighted by Gasteiger charge is 2.20. The van der Waals surface area contributed by atoms with Crippen LogP contribution in [0.3, 0.4) is 0 Å². The number of imidazole rings is 1. The number of nitrogens with zero attached hydrogens (tertiary/aromatic N) is 3. The van der Waals surface area contributed by atoms with Crippen LogP contribution in [0.5, 0.6) is 0 Å². The lowest BCUT2D eigenvalue weighted by Gasteiger charge is -2.07. The summed E-state index contributed by atoms with van der Waals surface area (Å²) in [5, 5.41) is 0.727. The maximum atomic E-state index is 12.8. The fraction of sp³-hybridized carbons (Fsp3) is 0.0667. The van der Waals surface area contributed by atoms with E-state index < -0.39 is 10.0 Å². The van der Waals surface area contributed by atoms with Crippen LogP contribution in [0.1, 0.15) is 5.56 Å². The van der Waals surface area contributed by atoms with Crippen molar-refractivity contribution < 1.29 is 8.42 Å². The van der Waals surface area contributed by atoms with Crippen molar-refractivity contribution in [3.05, 3.63) is 54.6 Å². The van der Waals surface area contributed by atoms with Crippen LogP contribution < -0.4 is 0 Å². The van der Waals surface area contributed by atoms with Crippen LogP contribution in [-0.2, 0) is 10.0 Å². The van der Waals surface area contributed by atoms with Crippen LogP contribution in [0, 0.1) is 6.92 Å². The average molecular weight is 312 g/mol. The van der Waals surface area contributed by atoms with E-state index in [2.05, 4.69) is 15.0 Å². The van der Waals surface area contributed by atoms with Crippen molar-refractivity contribution in [1.82, 2.24) is 18.9 Å². The molecule has 0 aliphatic rings. The molecule has 4 rings (SSSR count). The maximum Gasteiger partial charge on any atom is 0.269 e. The molecule has 4 aromatic rings. The zero-order valence-corrected chi connectivity index (χ0v) is 12.5. The number of aromatic amines is 1. The molecule has 0 saturated heterocycles. The molecule has 0 fully saturated rings. The normalized spacial score (nSPS) is 12.2. The summed E-state index contributed by atoms with van der Waals surface area (Å²) in [6.45, 7) is 1.91. The average Bonchev–Trinajstić information content (AvgIpc) is 3.13. The molecule has 0 aliphatic carbocycles. The van der Waals surface area contributed by atoms with Crippen LogP contribution >= 0.6 is 0 Å². The number of fused-ring (bicyclic) bond motifs is 3. The SMILES string of the molecule is Cc1ccc(S(=O)(=O)n2ccc3c4[nH]cnc4cnc32)cc1. The highest BCUT2D eigenvalue weighted by Crippen LogP contribution is 2.25. The van der Waals surface area contributed by atoms with Crippen LogP contribution in [-0.4, -0.2) is 27.3 Å². The Bertz CT molecular complexity index is 1090. The first-order chi connectivity index (χ1) is 10.6.